The number of fused-ring (bicyclic) bond motifs is 11. The normalized spacial score (nSPS) is 12.0. The fourth-order valence-electron chi connectivity index (χ4n) is 8.36. The highest BCUT2D eigenvalue weighted by Gasteiger charge is 2.20. The van der Waals surface area contributed by atoms with Crippen molar-refractivity contribution in [2.75, 3.05) is 0 Å². The zero-order valence-corrected chi connectivity index (χ0v) is 30.1. The molecule has 55 heavy (non-hydrogen) atoms. The smallest absolute Gasteiger partial charge is 0.164 e. The molecule has 0 bridgehead atoms. The fraction of sp³-hybridized carbons (Fsp3) is 0. The molecule has 4 heterocycles. The average molecular weight is 721 g/mol. The van der Waals surface area contributed by atoms with Crippen LogP contribution < -0.4 is 0 Å². The summed E-state index contributed by atoms with van der Waals surface area (Å²) in [6, 6.07) is 59.6. The Bertz CT molecular complexity index is 3450. The summed E-state index contributed by atoms with van der Waals surface area (Å²) in [4.78, 5) is 15.5. The van der Waals surface area contributed by atoms with Crippen LogP contribution in [0.3, 0.4) is 0 Å². The highest BCUT2D eigenvalue weighted by molar-refractivity contribution is 7.25. The quantitative estimate of drug-likeness (QED) is 0.182. The van der Waals surface area contributed by atoms with E-state index in [1.54, 1.807) is 11.3 Å². The van der Waals surface area contributed by atoms with Gasteiger partial charge in [-0.2, -0.15) is 0 Å². The van der Waals surface area contributed by atoms with E-state index in [4.69, 9.17) is 19.4 Å². The second kappa shape index (κ2) is 11.7. The monoisotopic (exact) mass is 720 g/mol. The molecule has 12 aromatic rings. The third kappa shape index (κ3) is 4.62. The van der Waals surface area contributed by atoms with Crippen molar-refractivity contribution >= 4 is 86.0 Å². The third-order valence-corrected chi connectivity index (χ3v) is 12.0. The van der Waals surface area contributed by atoms with Gasteiger partial charge in [0.25, 0.3) is 0 Å². The van der Waals surface area contributed by atoms with Crippen molar-refractivity contribution < 1.29 is 4.42 Å². The van der Waals surface area contributed by atoms with Gasteiger partial charge in [-0.15, -0.1) is 11.3 Å². The van der Waals surface area contributed by atoms with E-state index < -0.39 is 0 Å². The number of para-hydroxylation sites is 2. The second-order valence-electron chi connectivity index (χ2n) is 14.0. The lowest BCUT2D eigenvalue weighted by molar-refractivity contribution is 0.669. The van der Waals surface area contributed by atoms with E-state index >= 15 is 0 Å². The molecule has 4 aromatic heterocycles. The van der Waals surface area contributed by atoms with Crippen molar-refractivity contribution in [3.63, 3.8) is 0 Å². The second-order valence-corrected chi connectivity index (χ2v) is 15.1. The first-order valence-corrected chi connectivity index (χ1v) is 19.2. The molecule has 0 N–H and O–H groups in total. The molecule has 0 atom stereocenters. The van der Waals surface area contributed by atoms with Crippen LogP contribution >= 0.6 is 11.3 Å². The van der Waals surface area contributed by atoms with E-state index in [1.165, 1.54) is 30.9 Å². The van der Waals surface area contributed by atoms with Crippen LogP contribution in [0.1, 0.15) is 0 Å². The van der Waals surface area contributed by atoms with Crippen molar-refractivity contribution in [3.05, 3.63) is 170 Å². The number of thiophene rings is 1. The van der Waals surface area contributed by atoms with Gasteiger partial charge in [-0.05, 0) is 65.4 Å². The van der Waals surface area contributed by atoms with E-state index in [2.05, 4.69) is 144 Å². The third-order valence-electron chi connectivity index (χ3n) is 10.8. The van der Waals surface area contributed by atoms with Crippen LogP contribution in [-0.2, 0) is 0 Å². The first-order chi connectivity index (χ1) is 27.2. The van der Waals surface area contributed by atoms with Gasteiger partial charge >= 0.3 is 0 Å². The Morgan fingerprint density at radius 2 is 1.02 bits per heavy atom. The van der Waals surface area contributed by atoms with Gasteiger partial charge in [-0.1, -0.05) is 109 Å². The van der Waals surface area contributed by atoms with Gasteiger partial charge in [0.1, 0.15) is 11.2 Å². The van der Waals surface area contributed by atoms with E-state index in [0.717, 1.165) is 66.1 Å². The van der Waals surface area contributed by atoms with Gasteiger partial charge in [-0.25, -0.2) is 15.0 Å². The molecular weight excluding hydrogens is 693 g/mol. The lowest BCUT2D eigenvalue weighted by atomic mass is 9.98. The van der Waals surface area contributed by atoms with Crippen molar-refractivity contribution in [2.45, 2.75) is 0 Å². The molecule has 0 aliphatic heterocycles. The van der Waals surface area contributed by atoms with E-state index in [0.29, 0.717) is 17.5 Å². The first kappa shape index (κ1) is 30.3. The Morgan fingerprint density at radius 1 is 0.400 bits per heavy atom. The predicted molar refractivity (Wildman–Crippen MR) is 228 cm³/mol. The first-order valence-electron chi connectivity index (χ1n) is 18.4. The maximum Gasteiger partial charge on any atom is 0.164 e. The van der Waals surface area contributed by atoms with Crippen molar-refractivity contribution in [3.8, 4) is 39.9 Å². The molecule has 5 nitrogen and oxygen atoms in total. The molecule has 0 radical (unpaired) electrons. The number of hydrogen-bond acceptors (Lipinski definition) is 5. The summed E-state index contributed by atoms with van der Waals surface area (Å²) in [6.45, 7) is 0. The molecule has 0 saturated heterocycles. The zero-order valence-electron chi connectivity index (χ0n) is 29.3. The van der Waals surface area contributed by atoms with Crippen LogP contribution in [0, 0.1) is 0 Å². The summed E-state index contributed by atoms with van der Waals surface area (Å²) in [5, 5.41) is 9.20. The van der Waals surface area contributed by atoms with Gasteiger partial charge in [-0.3, -0.25) is 0 Å². The minimum atomic E-state index is 0.601. The number of benzene rings is 8. The van der Waals surface area contributed by atoms with Crippen molar-refractivity contribution in [2.24, 2.45) is 0 Å². The zero-order chi connectivity index (χ0) is 36.0. The molecule has 256 valence electrons. The van der Waals surface area contributed by atoms with Gasteiger partial charge < -0.3 is 8.98 Å². The lowest BCUT2D eigenvalue weighted by Crippen LogP contribution is -2.00. The molecule has 0 aliphatic rings. The summed E-state index contributed by atoms with van der Waals surface area (Å²) >= 11 is 1.81. The van der Waals surface area contributed by atoms with Crippen LogP contribution in [0.4, 0.5) is 0 Å². The molecule has 0 saturated carbocycles. The molecule has 0 fully saturated rings. The van der Waals surface area contributed by atoms with Crippen LogP contribution in [0.15, 0.2) is 174 Å². The molecule has 0 unspecified atom stereocenters. The predicted octanol–water partition coefficient (Wildman–Crippen LogP) is 13.4. The lowest BCUT2D eigenvalue weighted by Gasteiger charge is -2.11. The van der Waals surface area contributed by atoms with E-state index in [1.807, 2.05) is 30.3 Å². The minimum absolute atomic E-state index is 0.601. The van der Waals surface area contributed by atoms with Crippen LogP contribution in [0.5, 0.6) is 0 Å². The SMILES string of the molecule is c1ccc(-c2nc(-c3ccc4sc5ccccc5c4c3)nc(-c3cc4oc5cc(-n6c7ccccc7c7ccccc76)ccc5c4c4ccccc34)n2)cc1. The van der Waals surface area contributed by atoms with Crippen LogP contribution in [0.2, 0.25) is 0 Å². The van der Waals surface area contributed by atoms with Crippen molar-refractivity contribution in [1.29, 1.82) is 0 Å². The maximum atomic E-state index is 6.81. The van der Waals surface area contributed by atoms with Gasteiger partial charge in [0.2, 0.25) is 0 Å². The summed E-state index contributed by atoms with van der Waals surface area (Å²) in [6.07, 6.45) is 0. The number of rotatable bonds is 4. The molecule has 12 rings (SSSR count). The largest absolute Gasteiger partial charge is 0.456 e. The average Bonchev–Trinajstić information content (AvgIpc) is 3.92. The standard InChI is InChI=1S/C49H28N4OS/c1-2-12-29(13-3-1)47-50-48(30-22-25-45-38(26-30)35-17-8-11-21-44(35)55-45)52-49(51-47)39-28-43-46(36-18-5-4-14-32(36)39)37-24-23-31(27-42(37)54-43)53-40-19-9-6-15-33(40)34-16-7-10-20-41(34)53/h1-28H. The summed E-state index contributed by atoms with van der Waals surface area (Å²) in [5.74, 6) is 1.86. The summed E-state index contributed by atoms with van der Waals surface area (Å²) < 4.78 is 11.6. The molecule has 8 aromatic carbocycles. The number of furan rings is 1. The highest BCUT2D eigenvalue weighted by atomic mass is 32.1. The van der Waals surface area contributed by atoms with E-state index in [9.17, 15) is 0 Å². The van der Waals surface area contributed by atoms with Gasteiger partial charge in [0.15, 0.2) is 17.5 Å². The molecular formula is C49H28N4OS. The summed E-state index contributed by atoms with van der Waals surface area (Å²) in [5.41, 5.74) is 7.78. The number of aromatic nitrogens is 4. The number of nitrogens with zero attached hydrogens (tertiary/aromatic N) is 4. The van der Waals surface area contributed by atoms with Gasteiger partial charge in [0.05, 0.1) is 11.0 Å². The van der Waals surface area contributed by atoms with E-state index in [-0.39, 0.29) is 0 Å². The Kier molecular flexibility index (Phi) is 6.44. The summed E-state index contributed by atoms with van der Waals surface area (Å²) in [7, 11) is 0. The van der Waals surface area contributed by atoms with Crippen molar-refractivity contribution in [1.82, 2.24) is 19.5 Å². The Labute approximate surface area is 318 Å². The Hall–Kier alpha value is -7.15. The number of hydrogen-bond donors (Lipinski definition) is 0. The van der Waals surface area contributed by atoms with Crippen LogP contribution in [-0.4, -0.2) is 19.5 Å². The fourth-order valence-corrected chi connectivity index (χ4v) is 9.45. The maximum absolute atomic E-state index is 6.81. The Balaban J connectivity index is 1.08. The molecule has 6 heteroatoms. The van der Waals surface area contributed by atoms with Crippen LogP contribution in [0.25, 0.3) is 115 Å². The topological polar surface area (TPSA) is 56.7 Å². The highest BCUT2D eigenvalue weighted by Crippen LogP contribution is 2.42. The molecule has 0 spiro atoms. The minimum Gasteiger partial charge on any atom is -0.456 e. The van der Waals surface area contributed by atoms with Gasteiger partial charge in [0, 0.05) is 70.2 Å². The Morgan fingerprint density at radius 3 is 1.80 bits per heavy atom. The molecule has 0 aliphatic carbocycles. The molecule has 0 amide bonds.